The Labute approximate surface area is 183 Å². The molecule has 3 aliphatic rings. The van der Waals surface area contributed by atoms with Gasteiger partial charge in [0.05, 0.1) is 11.4 Å². The van der Waals surface area contributed by atoms with Crippen LogP contribution in [0.5, 0.6) is 0 Å². The molecule has 154 valence electrons. The summed E-state index contributed by atoms with van der Waals surface area (Å²) in [5.74, 6) is 0.771. The van der Waals surface area contributed by atoms with Crippen LogP contribution in [0.3, 0.4) is 0 Å². The zero-order valence-corrected chi connectivity index (χ0v) is 17.8. The van der Waals surface area contributed by atoms with Gasteiger partial charge in [0, 0.05) is 25.3 Å². The summed E-state index contributed by atoms with van der Waals surface area (Å²) in [4.78, 5) is 16.0. The van der Waals surface area contributed by atoms with E-state index in [0.717, 1.165) is 24.2 Å². The quantitative estimate of drug-likeness (QED) is 0.469. The average Bonchev–Trinajstić information content (AvgIpc) is 3.04. The van der Waals surface area contributed by atoms with Crippen molar-refractivity contribution >= 4 is 23.4 Å². The number of benzene rings is 3. The number of allylic oxidation sites excluding steroid dienone is 1. The van der Waals surface area contributed by atoms with Crippen molar-refractivity contribution in [3.8, 4) is 11.1 Å². The molecule has 3 nitrogen and oxygen atoms in total. The number of carbonyl (C=O) groups excluding carboxylic acids is 1. The zero-order chi connectivity index (χ0) is 21.2. The summed E-state index contributed by atoms with van der Waals surface area (Å²) in [6.07, 6.45) is 9.11. The summed E-state index contributed by atoms with van der Waals surface area (Å²) in [6, 6.07) is 21.1. The Morgan fingerprint density at radius 1 is 0.903 bits per heavy atom. The van der Waals surface area contributed by atoms with Crippen LogP contribution in [0.1, 0.15) is 41.5 Å². The van der Waals surface area contributed by atoms with Crippen molar-refractivity contribution in [2.45, 2.75) is 38.5 Å². The molecule has 1 aliphatic heterocycles. The molecule has 0 spiro atoms. The Bertz CT molecular complexity index is 1210. The molecular formula is C28H26N2O. The second-order valence-corrected chi connectivity index (χ2v) is 8.44. The molecule has 1 atom stereocenters. The first-order chi connectivity index (χ1) is 15.2. The summed E-state index contributed by atoms with van der Waals surface area (Å²) in [6.45, 7) is 2.21. The molecule has 0 aromatic heterocycles. The fourth-order valence-corrected chi connectivity index (χ4v) is 5.00. The van der Waals surface area contributed by atoms with Crippen LogP contribution in [0.15, 0.2) is 77.9 Å². The van der Waals surface area contributed by atoms with E-state index in [1.807, 2.05) is 36.5 Å². The number of nitrogens with zero attached hydrogens (tertiary/aromatic N) is 1. The van der Waals surface area contributed by atoms with Crippen LogP contribution in [0.4, 0.5) is 11.4 Å². The molecule has 0 saturated carbocycles. The number of hydrogen-bond acceptors (Lipinski definition) is 3. The number of rotatable bonds is 0. The van der Waals surface area contributed by atoms with Gasteiger partial charge in [0.1, 0.15) is 5.78 Å². The number of aliphatic imine (C=N–C) groups is 1. The van der Waals surface area contributed by atoms with Crippen molar-refractivity contribution in [1.82, 2.24) is 0 Å². The van der Waals surface area contributed by atoms with Crippen molar-refractivity contribution in [1.29, 1.82) is 0 Å². The molecule has 0 saturated heterocycles. The third-order valence-corrected chi connectivity index (χ3v) is 6.35. The van der Waals surface area contributed by atoms with E-state index >= 15 is 0 Å². The van der Waals surface area contributed by atoms with Crippen LogP contribution in [-0.2, 0) is 24.1 Å². The molecule has 3 aromatic rings. The van der Waals surface area contributed by atoms with E-state index in [1.165, 1.54) is 33.4 Å². The number of fused-ring (bicyclic) bond motifs is 6. The lowest BCUT2D eigenvalue weighted by Gasteiger charge is -2.29. The first-order valence-electron chi connectivity index (χ1n) is 11.0. The highest BCUT2D eigenvalue weighted by atomic mass is 16.1. The normalized spacial score (nSPS) is 17.7. The maximum absolute atomic E-state index is 11.8. The number of Topliss-reactive ketones (excluding diaryl/α,β-unsaturated/α-hetero) is 1. The van der Waals surface area contributed by atoms with Gasteiger partial charge in [0.25, 0.3) is 0 Å². The molecule has 0 unspecified atom stereocenters. The van der Waals surface area contributed by atoms with Crippen molar-refractivity contribution < 1.29 is 4.79 Å². The minimum absolute atomic E-state index is 0.381. The highest BCUT2D eigenvalue weighted by Crippen LogP contribution is 2.41. The third kappa shape index (κ3) is 3.84. The zero-order valence-electron chi connectivity index (χ0n) is 17.8. The number of hydrogen-bond donors (Lipinski definition) is 1. The smallest absolute Gasteiger partial charge is 0.137 e. The predicted molar refractivity (Wildman–Crippen MR) is 128 cm³/mol. The van der Waals surface area contributed by atoms with Crippen LogP contribution in [0.2, 0.25) is 0 Å². The number of anilines is 1. The van der Waals surface area contributed by atoms with Crippen molar-refractivity contribution in [3.05, 3.63) is 95.2 Å². The van der Waals surface area contributed by atoms with E-state index < -0.39 is 0 Å². The molecule has 31 heavy (non-hydrogen) atoms. The van der Waals surface area contributed by atoms with Gasteiger partial charge < -0.3 is 5.32 Å². The fraction of sp³-hybridized carbons (Fsp3) is 0.214. The fourth-order valence-electron chi connectivity index (χ4n) is 5.00. The van der Waals surface area contributed by atoms with Gasteiger partial charge in [0.2, 0.25) is 0 Å². The molecule has 2 aliphatic carbocycles. The van der Waals surface area contributed by atoms with E-state index in [2.05, 4.69) is 53.6 Å². The number of nitrogens with one attached hydrogen (secondary N) is 1. The first-order valence-corrected chi connectivity index (χ1v) is 11.0. The monoisotopic (exact) mass is 406 g/mol. The SMILES string of the molecule is C1=CNc2ccccc2N=C1.C[C@@H]1CC(=O)Cc2ccc3c(c21)CCc1ccccc1-3. The Hall–Kier alpha value is -3.46. The number of carbonyl (C=O) groups is 1. The van der Waals surface area contributed by atoms with Gasteiger partial charge in [-0.05, 0) is 70.3 Å². The summed E-state index contributed by atoms with van der Waals surface area (Å²) in [5.41, 5.74) is 10.5. The Morgan fingerprint density at radius 3 is 2.68 bits per heavy atom. The summed E-state index contributed by atoms with van der Waals surface area (Å²) in [5, 5.41) is 3.12. The lowest BCUT2D eigenvalue weighted by molar-refractivity contribution is -0.119. The van der Waals surface area contributed by atoms with Gasteiger partial charge in [-0.15, -0.1) is 0 Å². The third-order valence-electron chi connectivity index (χ3n) is 6.35. The molecule has 0 amide bonds. The highest BCUT2D eigenvalue weighted by molar-refractivity contribution is 5.86. The van der Waals surface area contributed by atoms with Gasteiger partial charge in [0.15, 0.2) is 0 Å². The second kappa shape index (κ2) is 8.35. The molecule has 0 fully saturated rings. The first kappa shape index (κ1) is 19.5. The molecule has 3 heteroatoms. The van der Waals surface area contributed by atoms with Crippen LogP contribution in [0, 0.1) is 0 Å². The molecule has 1 N–H and O–H groups in total. The number of aryl methyl sites for hydroxylation is 1. The largest absolute Gasteiger partial charge is 0.360 e. The topological polar surface area (TPSA) is 41.5 Å². The van der Waals surface area contributed by atoms with Gasteiger partial charge in [-0.1, -0.05) is 55.5 Å². The lowest BCUT2D eigenvalue weighted by atomic mass is 9.74. The maximum Gasteiger partial charge on any atom is 0.137 e. The van der Waals surface area contributed by atoms with Crippen LogP contribution >= 0.6 is 0 Å². The Balaban J connectivity index is 0.000000157. The second-order valence-electron chi connectivity index (χ2n) is 8.44. The molecule has 3 aromatic carbocycles. The standard InChI is InChI=1S/C19H18O.C9H8N2/c1-12-10-15(20)11-14-7-8-17-16-5-3-2-4-13(16)6-9-18(17)19(12)14;1-2-5-9-8(4-1)10-6-3-7-11-9/h2-5,7-8,12H,6,9-11H2,1H3;1-7,10H/t12-;/m1./s1. The van der Waals surface area contributed by atoms with Crippen molar-refractivity contribution in [3.63, 3.8) is 0 Å². The summed E-state index contributed by atoms with van der Waals surface area (Å²) < 4.78 is 0. The Kier molecular flexibility index (Phi) is 5.25. The Morgan fingerprint density at radius 2 is 1.74 bits per heavy atom. The van der Waals surface area contributed by atoms with Crippen molar-refractivity contribution in [2.24, 2.45) is 4.99 Å². The van der Waals surface area contributed by atoms with Gasteiger partial charge >= 0.3 is 0 Å². The molecule has 6 rings (SSSR count). The van der Waals surface area contributed by atoms with Gasteiger partial charge in [-0.2, -0.15) is 0 Å². The maximum atomic E-state index is 11.8. The van der Waals surface area contributed by atoms with Crippen LogP contribution in [0.25, 0.3) is 11.1 Å². The van der Waals surface area contributed by atoms with Crippen LogP contribution < -0.4 is 5.32 Å². The van der Waals surface area contributed by atoms with E-state index in [9.17, 15) is 4.79 Å². The molecule has 0 radical (unpaired) electrons. The van der Waals surface area contributed by atoms with E-state index in [4.69, 9.17) is 0 Å². The molecular weight excluding hydrogens is 380 g/mol. The minimum atomic E-state index is 0.381. The molecule has 1 heterocycles. The van der Waals surface area contributed by atoms with E-state index in [0.29, 0.717) is 24.5 Å². The van der Waals surface area contributed by atoms with E-state index in [-0.39, 0.29) is 0 Å². The van der Waals surface area contributed by atoms with Crippen molar-refractivity contribution in [2.75, 3.05) is 5.32 Å². The van der Waals surface area contributed by atoms with E-state index in [1.54, 1.807) is 6.21 Å². The van der Waals surface area contributed by atoms with Gasteiger partial charge in [-0.25, -0.2) is 0 Å². The van der Waals surface area contributed by atoms with Gasteiger partial charge in [-0.3, -0.25) is 9.79 Å². The molecule has 0 bridgehead atoms. The lowest BCUT2D eigenvalue weighted by Crippen LogP contribution is -2.20. The minimum Gasteiger partial charge on any atom is -0.360 e. The van der Waals surface area contributed by atoms with Crippen LogP contribution in [-0.4, -0.2) is 12.0 Å². The highest BCUT2D eigenvalue weighted by Gasteiger charge is 2.28. The summed E-state index contributed by atoms with van der Waals surface area (Å²) >= 11 is 0. The number of para-hydroxylation sites is 2. The summed E-state index contributed by atoms with van der Waals surface area (Å²) in [7, 11) is 0. The number of ketones is 1. The predicted octanol–water partition coefficient (Wildman–Crippen LogP) is 6.40. The average molecular weight is 407 g/mol.